The summed E-state index contributed by atoms with van der Waals surface area (Å²) in [6, 6.07) is 16.8. The Morgan fingerprint density at radius 3 is 2.85 bits per heavy atom. The van der Waals surface area contributed by atoms with Crippen LogP contribution in [0.15, 0.2) is 53.5 Å². The van der Waals surface area contributed by atoms with Gasteiger partial charge >= 0.3 is 0 Å². The van der Waals surface area contributed by atoms with Gasteiger partial charge in [0.25, 0.3) is 0 Å². The normalized spacial score (nSPS) is 15.9. The van der Waals surface area contributed by atoms with Crippen molar-refractivity contribution < 1.29 is 4.74 Å². The van der Waals surface area contributed by atoms with E-state index < -0.39 is 0 Å². The Bertz CT molecular complexity index is 765. The zero-order valence-electron chi connectivity index (χ0n) is 16.0. The minimum atomic E-state index is 0. The number of nitrogens with one attached hydrogen (secondary N) is 1. The Labute approximate surface area is 179 Å². The smallest absolute Gasteiger partial charge is 0.189 e. The van der Waals surface area contributed by atoms with Crippen molar-refractivity contribution in [3.63, 3.8) is 0 Å². The highest BCUT2D eigenvalue weighted by atomic mass is 127. The molecule has 0 spiro atoms. The van der Waals surface area contributed by atoms with Crippen molar-refractivity contribution in [1.82, 2.24) is 5.32 Å². The van der Waals surface area contributed by atoms with Gasteiger partial charge in [0.1, 0.15) is 5.75 Å². The fourth-order valence-electron chi connectivity index (χ4n) is 3.30. The predicted molar refractivity (Wildman–Crippen MR) is 123 cm³/mol. The third-order valence-electron chi connectivity index (χ3n) is 4.68. The Kier molecular flexibility index (Phi) is 8.22. The number of anilines is 1. The second-order valence-corrected chi connectivity index (χ2v) is 6.56. The van der Waals surface area contributed by atoms with E-state index in [2.05, 4.69) is 59.4 Å². The van der Waals surface area contributed by atoms with Crippen LogP contribution in [0.2, 0.25) is 0 Å². The average Bonchev–Trinajstić information content (AvgIpc) is 2.65. The van der Waals surface area contributed by atoms with Crippen LogP contribution in [0.25, 0.3) is 0 Å². The summed E-state index contributed by atoms with van der Waals surface area (Å²) in [5, 5.41) is 3.34. The molecule has 0 fully saturated rings. The number of aliphatic imine (C=N–C) groups is 1. The number of likely N-dealkylation sites (N-methyl/N-ethyl adjacent to an activating group) is 1. The van der Waals surface area contributed by atoms with E-state index in [0.29, 0.717) is 19.1 Å². The summed E-state index contributed by atoms with van der Waals surface area (Å²) in [5.74, 6) is 1.42. The van der Waals surface area contributed by atoms with Gasteiger partial charge in [-0.2, -0.15) is 0 Å². The van der Waals surface area contributed by atoms with Crippen molar-refractivity contribution in [2.24, 2.45) is 10.7 Å². The summed E-state index contributed by atoms with van der Waals surface area (Å²) >= 11 is 0. The fourth-order valence-corrected chi connectivity index (χ4v) is 3.30. The van der Waals surface area contributed by atoms with Crippen molar-refractivity contribution in [1.29, 1.82) is 0 Å². The molecule has 0 aliphatic carbocycles. The van der Waals surface area contributed by atoms with Crippen LogP contribution in [0.1, 0.15) is 30.5 Å². The topological polar surface area (TPSA) is 62.9 Å². The number of para-hydroxylation sites is 1. The third-order valence-corrected chi connectivity index (χ3v) is 4.68. The minimum absolute atomic E-state index is 0. The van der Waals surface area contributed by atoms with Gasteiger partial charge in [-0.25, -0.2) is 0 Å². The molecule has 2 aromatic carbocycles. The lowest BCUT2D eigenvalue weighted by Gasteiger charge is -2.27. The number of ether oxygens (including phenoxy) is 1. The van der Waals surface area contributed by atoms with E-state index in [-0.39, 0.29) is 30.0 Å². The standard InChI is InChI=1S/C21H28N4O.HI/c1-3-25(17-8-6-7-16(2)15-17)13-12-23-21(22)24-19-11-14-26-20-10-5-4-9-18(19)20;/h4-10,15,19H,3,11-14H2,1-2H3,(H3,22,23,24);1H. The van der Waals surface area contributed by atoms with Crippen molar-refractivity contribution >= 4 is 35.6 Å². The molecule has 0 radical (unpaired) electrons. The Morgan fingerprint density at radius 2 is 2.07 bits per heavy atom. The van der Waals surface area contributed by atoms with E-state index in [4.69, 9.17) is 10.5 Å². The van der Waals surface area contributed by atoms with Gasteiger partial charge < -0.3 is 20.7 Å². The molecule has 5 nitrogen and oxygen atoms in total. The van der Waals surface area contributed by atoms with E-state index in [1.54, 1.807) is 0 Å². The zero-order chi connectivity index (χ0) is 18.4. The first-order valence-corrected chi connectivity index (χ1v) is 9.27. The van der Waals surface area contributed by atoms with Crippen LogP contribution in [-0.4, -0.2) is 32.2 Å². The molecule has 0 saturated heterocycles. The van der Waals surface area contributed by atoms with Gasteiger partial charge in [0.15, 0.2) is 5.96 Å². The van der Waals surface area contributed by atoms with Gasteiger partial charge in [-0.15, -0.1) is 24.0 Å². The summed E-state index contributed by atoms with van der Waals surface area (Å²) < 4.78 is 5.69. The first-order valence-electron chi connectivity index (χ1n) is 9.27. The maximum Gasteiger partial charge on any atom is 0.189 e. The molecule has 3 rings (SSSR count). The lowest BCUT2D eigenvalue weighted by Crippen LogP contribution is -2.38. The molecule has 0 bridgehead atoms. The molecule has 1 aliphatic heterocycles. The molecule has 3 N–H and O–H groups in total. The average molecular weight is 480 g/mol. The number of nitrogens with two attached hydrogens (primary N) is 1. The van der Waals surface area contributed by atoms with Crippen LogP contribution >= 0.6 is 24.0 Å². The maximum atomic E-state index is 6.13. The number of hydrogen-bond acceptors (Lipinski definition) is 3. The largest absolute Gasteiger partial charge is 0.493 e. The summed E-state index contributed by atoms with van der Waals surface area (Å²) in [7, 11) is 0. The molecule has 27 heavy (non-hydrogen) atoms. The highest BCUT2D eigenvalue weighted by molar-refractivity contribution is 14.0. The minimum Gasteiger partial charge on any atom is -0.493 e. The van der Waals surface area contributed by atoms with E-state index >= 15 is 0 Å². The molecule has 0 aromatic heterocycles. The molecule has 1 atom stereocenters. The van der Waals surface area contributed by atoms with Gasteiger partial charge in [-0.05, 0) is 37.6 Å². The summed E-state index contributed by atoms with van der Waals surface area (Å²) in [4.78, 5) is 6.84. The summed E-state index contributed by atoms with van der Waals surface area (Å²) in [5.41, 5.74) is 9.77. The number of aryl methyl sites for hydroxylation is 1. The number of rotatable bonds is 6. The van der Waals surface area contributed by atoms with Crippen LogP contribution in [0.3, 0.4) is 0 Å². The van der Waals surface area contributed by atoms with Crippen molar-refractivity contribution in [2.75, 3.05) is 31.1 Å². The second-order valence-electron chi connectivity index (χ2n) is 6.56. The number of benzene rings is 2. The quantitative estimate of drug-likeness (QED) is 0.375. The predicted octanol–water partition coefficient (Wildman–Crippen LogP) is 3.87. The molecule has 0 amide bonds. The van der Waals surface area contributed by atoms with Gasteiger partial charge in [0.2, 0.25) is 0 Å². The highest BCUT2D eigenvalue weighted by Crippen LogP contribution is 2.31. The first-order chi connectivity index (χ1) is 12.7. The zero-order valence-corrected chi connectivity index (χ0v) is 18.4. The van der Waals surface area contributed by atoms with E-state index in [0.717, 1.165) is 30.8 Å². The fraction of sp³-hybridized carbons (Fsp3) is 0.381. The molecule has 1 unspecified atom stereocenters. The summed E-state index contributed by atoms with van der Waals surface area (Å²) in [6.07, 6.45) is 0.887. The number of fused-ring (bicyclic) bond motifs is 1. The highest BCUT2D eigenvalue weighted by Gasteiger charge is 2.21. The van der Waals surface area contributed by atoms with E-state index in [9.17, 15) is 0 Å². The molecule has 1 heterocycles. The van der Waals surface area contributed by atoms with Crippen LogP contribution in [0.4, 0.5) is 5.69 Å². The number of nitrogens with zero attached hydrogens (tertiary/aromatic N) is 2. The van der Waals surface area contributed by atoms with Crippen LogP contribution in [-0.2, 0) is 0 Å². The Balaban J connectivity index is 0.00000261. The lowest BCUT2D eigenvalue weighted by atomic mass is 10.0. The van der Waals surface area contributed by atoms with Crippen LogP contribution in [0, 0.1) is 6.92 Å². The molecular weight excluding hydrogens is 451 g/mol. The summed E-state index contributed by atoms with van der Waals surface area (Å²) in [6.45, 7) is 7.41. The third kappa shape index (κ3) is 5.76. The Morgan fingerprint density at radius 1 is 1.26 bits per heavy atom. The van der Waals surface area contributed by atoms with Crippen molar-refractivity contribution in [3.8, 4) is 5.75 Å². The van der Waals surface area contributed by atoms with Crippen LogP contribution < -0.4 is 20.7 Å². The number of halogens is 1. The first kappa shape index (κ1) is 21.3. The number of hydrogen-bond donors (Lipinski definition) is 2. The maximum absolute atomic E-state index is 6.13. The molecular formula is C21H29IN4O. The van der Waals surface area contributed by atoms with Gasteiger partial charge in [0.05, 0.1) is 19.2 Å². The molecule has 146 valence electrons. The van der Waals surface area contributed by atoms with Crippen molar-refractivity contribution in [2.45, 2.75) is 26.3 Å². The van der Waals surface area contributed by atoms with E-state index in [1.807, 2.05) is 18.2 Å². The van der Waals surface area contributed by atoms with E-state index in [1.165, 1.54) is 11.3 Å². The second kappa shape index (κ2) is 10.4. The van der Waals surface area contributed by atoms with Gasteiger partial charge in [0, 0.05) is 30.8 Å². The lowest BCUT2D eigenvalue weighted by molar-refractivity contribution is 0.262. The molecule has 0 saturated carbocycles. The van der Waals surface area contributed by atoms with Crippen molar-refractivity contribution in [3.05, 3.63) is 59.7 Å². The molecule has 2 aromatic rings. The Hall–Kier alpha value is -1.96. The molecule has 6 heteroatoms. The van der Waals surface area contributed by atoms with Crippen LogP contribution in [0.5, 0.6) is 5.75 Å². The SMILES string of the molecule is CCN(CCN=C(N)NC1CCOc2ccccc21)c1cccc(C)c1.I. The monoisotopic (exact) mass is 480 g/mol. The van der Waals surface area contributed by atoms with Gasteiger partial charge in [-0.1, -0.05) is 30.3 Å². The number of guanidine groups is 1. The molecule has 1 aliphatic rings. The van der Waals surface area contributed by atoms with Gasteiger partial charge in [-0.3, -0.25) is 4.99 Å².